The molecule has 1 fully saturated rings. The molecule has 0 aliphatic heterocycles. The van der Waals surface area contributed by atoms with Gasteiger partial charge in [-0.1, -0.05) is 31.2 Å². The van der Waals surface area contributed by atoms with Gasteiger partial charge in [0.25, 0.3) is 0 Å². The predicted octanol–water partition coefficient (Wildman–Crippen LogP) is 2.55. The summed E-state index contributed by atoms with van der Waals surface area (Å²) in [7, 11) is -3.25. The summed E-state index contributed by atoms with van der Waals surface area (Å²) in [6.07, 6.45) is 4.10. The molecule has 1 saturated carbocycles. The summed E-state index contributed by atoms with van der Waals surface area (Å²) in [6, 6.07) is 7.81. The van der Waals surface area contributed by atoms with Crippen LogP contribution < -0.4 is 10.0 Å². The zero-order chi connectivity index (χ0) is 15.3. The third kappa shape index (κ3) is 5.09. The Labute approximate surface area is 128 Å². The molecule has 5 heteroatoms. The summed E-state index contributed by atoms with van der Waals surface area (Å²) >= 11 is 0. The van der Waals surface area contributed by atoms with Crippen LogP contribution in [0.3, 0.4) is 0 Å². The lowest BCUT2D eigenvalue weighted by molar-refractivity contribution is 0.248. The van der Waals surface area contributed by atoms with Gasteiger partial charge in [-0.3, -0.25) is 0 Å². The Balaban J connectivity index is 1.90. The Kier molecular flexibility index (Phi) is 5.41. The summed E-state index contributed by atoms with van der Waals surface area (Å²) in [5, 5.41) is 3.33. The van der Waals surface area contributed by atoms with Gasteiger partial charge >= 0.3 is 0 Å². The average molecular weight is 310 g/mol. The van der Waals surface area contributed by atoms with E-state index in [0.29, 0.717) is 0 Å². The Morgan fingerprint density at radius 3 is 2.29 bits per heavy atom. The molecule has 0 atom stereocenters. The number of hydrogen-bond acceptors (Lipinski definition) is 3. The number of sulfonamides is 1. The van der Waals surface area contributed by atoms with E-state index >= 15 is 0 Å². The van der Waals surface area contributed by atoms with Gasteiger partial charge in [-0.05, 0) is 50.3 Å². The molecule has 0 spiro atoms. The van der Waals surface area contributed by atoms with Gasteiger partial charge in [-0.25, -0.2) is 13.1 Å². The van der Waals surface area contributed by atoms with E-state index in [1.165, 1.54) is 5.56 Å². The molecule has 0 heterocycles. The molecule has 2 rings (SSSR count). The molecule has 1 aliphatic rings. The van der Waals surface area contributed by atoms with E-state index in [4.69, 9.17) is 0 Å². The number of rotatable bonds is 8. The minimum Gasteiger partial charge on any atom is -0.313 e. The monoisotopic (exact) mass is 310 g/mol. The quantitative estimate of drug-likeness (QED) is 0.726. The van der Waals surface area contributed by atoms with Gasteiger partial charge < -0.3 is 5.32 Å². The van der Waals surface area contributed by atoms with Gasteiger partial charge in [-0.15, -0.1) is 0 Å². The highest BCUT2D eigenvalue weighted by molar-refractivity contribution is 7.88. The predicted molar refractivity (Wildman–Crippen MR) is 86.5 cm³/mol. The van der Waals surface area contributed by atoms with Crippen molar-refractivity contribution < 1.29 is 8.42 Å². The van der Waals surface area contributed by atoms with E-state index in [9.17, 15) is 8.42 Å². The first-order valence-electron chi connectivity index (χ1n) is 7.73. The molecule has 21 heavy (non-hydrogen) atoms. The minimum atomic E-state index is -3.25. The first-order valence-corrected chi connectivity index (χ1v) is 9.38. The standard InChI is InChI=1S/C16H26N2O2S/c1-3-11-17-12-14-5-7-15(8-6-14)13-21(19,20)18-16(2)9-4-10-16/h5-8,17-18H,3-4,9-13H2,1-2H3. The van der Waals surface area contributed by atoms with Crippen molar-refractivity contribution in [3.8, 4) is 0 Å². The maximum absolute atomic E-state index is 12.2. The molecule has 0 radical (unpaired) electrons. The van der Waals surface area contributed by atoms with Crippen molar-refractivity contribution in [1.82, 2.24) is 10.0 Å². The van der Waals surface area contributed by atoms with Gasteiger partial charge in [0.15, 0.2) is 0 Å². The molecule has 0 aromatic heterocycles. The highest BCUT2D eigenvalue weighted by atomic mass is 32.2. The lowest BCUT2D eigenvalue weighted by Gasteiger charge is -2.38. The Bertz CT molecular complexity index is 548. The van der Waals surface area contributed by atoms with Crippen LogP contribution in [0, 0.1) is 0 Å². The second-order valence-electron chi connectivity index (χ2n) is 6.27. The van der Waals surface area contributed by atoms with E-state index in [0.717, 1.165) is 44.3 Å². The highest BCUT2D eigenvalue weighted by Gasteiger charge is 2.35. The van der Waals surface area contributed by atoms with E-state index in [-0.39, 0.29) is 11.3 Å². The van der Waals surface area contributed by atoms with E-state index in [1.807, 2.05) is 31.2 Å². The van der Waals surface area contributed by atoms with Crippen LogP contribution in [0.2, 0.25) is 0 Å². The SMILES string of the molecule is CCCNCc1ccc(CS(=O)(=O)NC2(C)CCC2)cc1. The fourth-order valence-electron chi connectivity index (χ4n) is 2.60. The average Bonchev–Trinajstić information content (AvgIpc) is 2.38. The van der Waals surface area contributed by atoms with Gasteiger partial charge in [0.1, 0.15) is 0 Å². The highest BCUT2D eigenvalue weighted by Crippen LogP contribution is 2.32. The van der Waals surface area contributed by atoms with Crippen molar-refractivity contribution >= 4 is 10.0 Å². The summed E-state index contributed by atoms with van der Waals surface area (Å²) in [4.78, 5) is 0. The molecule has 0 amide bonds. The number of hydrogen-bond donors (Lipinski definition) is 2. The third-order valence-corrected chi connectivity index (χ3v) is 5.51. The minimum absolute atomic E-state index is 0.0608. The third-order valence-electron chi connectivity index (χ3n) is 3.99. The lowest BCUT2D eigenvalue weighted by atomic mass is 9.80. The Hall–Kier alpha value is -0.910. The smallest absolute Gasteiger partial charge is 0.216 e. The Morgan fingerprint density at radius 2 is 1.76 bits per heavy atom. The molecule has 1 aromatic carbocycles. The first-order chi connectivity index (χ1) is 9.92. The van der Waals surface area contributed by atoms with Crippen LogP contribution in [0.1, 0.15) is 50.7 Å². The fourth-order valence-corrected chi connectivity index (χ4v) is 4.26. The van der Waals surface area contributed by atoms with E-state index in [1.54, 1.807) is 0 Å². The van der Waals surface area contributed by atoms with Crippen LogP contribution in [-0.2, 0) is 22.3 Å². The van der Waals surface area contributed by atoms with Gasteiger partial charge in [-0.2, -0.15) is 0 Å². The maximum Gasteiger partial charge on any atom is 0.216 e. The van der Waals surface area contributed by atoms with Crippen molar-refractivity contribution in [3.05, 3.63) is 35.4 Å². The topological polar surface area (TPSA) is 58.2 Å². The summed E-state index contributed by atoms with van der Waals surface area (Å²) in [5.41, 5.74) is 1.80. The first kappa shape index (κ1) is 16.5. The van der Waals surface area contributed by atoms with Crippen LogP contribution in [0.4, 0.5) is 0 Å². The molecule has 118 valence electrons. The van der Waals surface area contributed by atoms with Crippen molar-refractivity contribution in [2.45, 2.75) is 57.4 Å². The molecule has 2 N–H and O–H groups in total. The second-order valence-corrected chi connectivity index (χ2v) is 7.99. The van der Waals surface area contributed by atoms with Crippen molar-refractivity contribution in [3.63, 3.8) is 0 Å². The van der Waals surface area contributed by atoms with Gasteiger partial charge in [0.2, 0.25) is 10.0 Å². The number of benzene rings is 1. The molecule has 0 bridgehead atoms. The number of nitrogens with one attached hydrogen (secondary N) is 2. The van der Waals surface area contributed by atoms with Crippen LogP contribution in [0.5, 0.6) is 0 Å². The van der Waals surface area contributed by atoms with Gasteiger partial charge in [0.05, 0.1) is 5.75 Å². The fraction of sp³-hybridized carbons (Fsp3) is 0.625. The molecule has 4 nitrogen and oxygen atoms in total. The van der Waals surface area contributed by atoms with E-state index in [2.05, 4.69) is 17.0 Å². The van der Waals surface area contributed by atoms with Crippen LogP contribution >= 0.6 is 0 Å². The van der Waals surface area contributed by atoms with Crippen LogP contribution in [-0.4, -0.2) is 20.5 Å². The molecular weight excluding hydrogens is 284 g/mol. The summed E-state index contributed by atoms with van der Waals surface area (Å²) < 4.78 is 27.2. The molecule has 1 aromatic rings. The lowest BCUT2D eigenvalue weighted by Crippen LogP contribution is -2.51. The normalized spacial score (nSPS) is 17.4. The van der Waals surface area contributed by atoms with Gasteiger partial charge in [0, 0.05) is 12.1 Å². The Morgan fingerprint density at radius 1 is 1.14 bits per heavy atom. The zero-order valence-electron chi connectivity index (χ0n) is 13.0. The molecular formula is C16H26N2O2S. The summed E-state index contributed by atoms with van der Waals surface area (Å²) in [6.45, 7) is 5.95. The maximum atomic E-state index is 12.2. The second kappa shape index (κ2) is 6.90. The van der Waals surface area contributed by atoms with Crippen molar-refractivity contribution in [2.75, 3.05) is 6.54 Å². The van der Waals surface area contributed by atoms with Crippen LogP contribution in [0.15, 0.2) is 24.3 Å². The molecule has 0 unspecified atom stereocenters. The van der Waals surface area contributed by atoms with E-state index < -0.39 is 10.0 Å². The van der Waals surface area contributed by atoms with Crippen molar-refractivity contribution in [2.24, 2.45) is 0 Å². The largest absolute Gasteiger partial charge is 0.313 e. The molecule has 0 saturated heterocycles. The van der Waals surface area contributed by atoms with Crippen LogP contribution in [0.25, 0.3) is 0 Å². The van der Waals surface area contributed by atoms with Crippen molar-refractivity contribution in [1.29, 1.82) is 0 Å². The summed E-state index contributed by atoms with van der Waals surface area (Å²) in [5.74, 6) is 0.0608. The molecule has 1 aliphatic carbocycles. The zero-order valence-corrected chi connectivity index (χ0v) is 13.8.